The van der Waals surface area contributed by atoms with Crippen LogP contribution in [0.1, 0.15) is 34.5 Å². The normalized spacial score (nSPS) is 12.7. The van der Waals surface area contributed by atoms with Crippen LogP contribution in [0.5, 0.6) is 0 Å². The fourth-order valence-electron chi connectivity index (χ4n) is 2.99. The summed E-state index contributed by atoms with van der Waals surface area (Å²) < 4.78 is 51.1. The van der Waals surface area contributed by atoms with Gasteiger partial charge >= 0.3 is 6.18 Å². The average molecular weight is 436 g/mol. The fourth-order valence-corrected chi connectivity index (χ4v) is 4.07. The highest BCUT2D eigenvalue weighted by Crippen LogP contribution is 2.33. The van der Waals surface area contributed by atoms with Crippen LogP contribution < -0.4 is 0 Å². The lowest BCUT2D eigenvalue weighted by atomic mass is 10.0. The second-order valence-corrected chi connectivity index (χ2v) is 8.07. The molecular weight excluding hydrogens is 416 g/mol. The van der Waals surface area contributed by atoms with Crippen molar-refractivity contribution in [3.8, 4) is 10.6 Å². The summed E-state index contributed by atoms with van der Waals surface area (Å²) in [6.07, 6.45) is -4.00. The molecule has 0 aliphatic rings. The molecule has 1 aromatic heterocycles. The number of halogens is 4. The van der Waals surface area contributed by atoms with Crippen LogP contribution in [0.3, 0.4) is 0 Å². The minimum Gasteiger partial charge on any atom is -0.393 e. The van der Waals surface area contributed by atoms with Crippen LogP contribution in [-0.4, -0.2) is 21.9 Å². The Morgan fingerprint density at radius 1 is 1.10 bits per heavy atom. The van der Waals surface area contributed by atoms with Crippen molar-refractivity contribution in [2.24, 2.45) is 0 Å². The number of hydrogen-bond donors (Lipinski definition) is 2. The molecule has 0 aliphatic heterocycles. The minimum absolute atomic E-state index is 0.148. The van der Waals surface area contributed by atoms with Gasteiger partial charge in [0.25, 0.3) is 0 Å². The molecule has 2 aromatic carbocycles. The third-order valence-electron chi connectivity index (χ3n) is 4.69. The van der Waals surface area contributed by atoms with Crippen LogP contribution in [0.15, 0.2) is 48.5 Å². The molecule has 1 unspecified atom stereocenters. The topological polar surface area (TPSA) is 57.0 Å². The zero-order chi connectivity index (χ0) is 21.9. The van der Waals surface area contributed by atoms with Crippen LogP contribution in [0.4, 0.5) is 17.6 Å². The molecule has 0 fully saturated rings. The van der Waals surface area contributed by atoms with Gasteiger partial charge in [-0.25, -0.2) is 9.37 Å². The monoisotopic (exact) mass is 436 g/mol. The Hall–Kier alpha value is -2.58. The summed E-state index contributed by atoms with van der Waals surface area (Å²) in [7, 11) is 0. The number of hydrogen-bond acceptors (Lipinski definition) is 4. The van der Waals surface area contributed by atoms with Crippen molar-refractivity contribution in [1.82, 2.24) is 4.98 Å². The minimum atomic E-state index is -4.37. The van der Waals surface area contributed by atoms with Gasteiger partial charge in [-0.05, 0) is 49.6 Å². The number of thiazole rings is 1. The molecule has 2 N–H and O–H groups in total. The lowest BCUT2D eigenvalue weighted by molar-refractivity contribution is -0.137. The van der Waals surface area contributed by atoms with Crippen LogP contribution in [-0.2, 0) is 12.6 Å². The van der Waals surface area contributed by atoms with E-state index in [0.717, 1.165) is 22.7 Å². The Morgan fingerprint density at radius 2 is 1.73 bits per heavy atom. The summed E-state index contributed by atoms with van der Waals surface area (Å²) in [6.45, 7) is 1.83. The van der Waals surface area contributed by atoms with E-state index in [9.17, 15) is 22.7 Å². The fraction of sp³-hybridized carbons (Fsp3) is 0.273. The molecule has 3 aromatic rings. The smallest absolute Gasteiger partial charge is 0.393 e. The Labute approximate surface area is 175 Å². The van der Waals surface area contributed by atoms with E-state index in [-0.39, 0.29) is 17.9 Å². The molecule has 0 saturated heterocycles. The van der Waals surface area contributed by atoms with Gasteiger partial charge in [-0.3, -0.25) is 0 Å². The first-order valence-corrected chi connectivity index (χ1v) is 10.1. The number of aryl methyl sites for hydroxylation is 2. The SMILES string of the molecule is Cc1nc(-c2ccc(C(F)(F)F)cc2)sc1CCC(O)CC(=N)c1ccc(F)cc1. The third kappa shape index (κ3) is 5.52. The maximum absolute atomic E-state index is 13.0. The van der Waals surface area contributed by atoms with Crippen molar-refractivity contribution in [2.45, 2.75) is 38.5 Å². The average Bonchev–Trinajstić information content (AvgIpc) is 3.07. The first-order valence-electron chi connectivity index (χ1n) is 9.29. The van der Waals surface area contributed by atoms with Crippen LogP contribution in [0, 0.1) is 18.2 Å². The van der Waals surface area contributed by atoms with Gasteiger partial charge in [-0.15, -0.1) is 11.3 Å². The second kappa shape index (κ2) is 9.06. The summed E-state index contributed by atoms with van der Waals surface area (Å²) in [5, 5.41) is 19.0. The molecule has 1 atom stereocenters. The first kappa shape index (κ1) is 22.1. The van der Waals surface area contributed by atoms with Crippen LogP contribution >= 0.6 is 11.3 Å². The molecule has 0 radical (unpaired) electrons. The molecule has 30 heavy (non-hydrogen) atoms. The Balaban J connectivity index is 1.60. The second-order valence-electron chi connectivity index (χ2n) is 6.98. The van der Waals surface area contributed by atoms with E-state index < -0.39 is 17.8 Å². The largest absolute Gasteiger partial charge is 0.416 e. The van der Waals surface area contributed by atoms with E-state index in [2.05, 4.69) is 4.98 Å². The van der Waals surface area contributed by atoms with Gasteiger partial charge in [0.15, 0.2) is 0 Å². The summed E-state index contributed by atoms with van der Waals surface area (Å²) in [5.74, 6) is -0.378. The predicted molar refractivity (Wildman–Crippen MR) is 109 cm³/mol. The van der Waals surface area contributed by atoms with Crippen LogP contribution in [0.25, 0.3) is 10.6 Å². The van der Waals surface area contributed by atoms with E-state index in [1.807, 2.05) is 6.92 Å². The molecule has 0 spiro atoms. The summed E-state index contributed by atoms with van der Waals surface area (Å²) >= 11 is 1.39. The quantitative estimate of drug-likeness (QED) is 0.351. The highest BCUT2D eigenvalue weighted by atomic mass is 32.1. The molecule has 158 valence electrons. The number of nitrogens with one attached hydrogen (secondary N) is 1. The molecule has 3 rings (SSSR count). The van der Waals surface area contributed by atoms with E-state index in [0.29, 0.717) is 29.0 Å². The molecule has 0 saturated carbocycles. The molecule has 8 heteroatoms. The number of aliphatic hydroxyl groups excluding tert-OH is 1. The van der Waals surface area contributed by atoms with Crippen LogP contribution in [0.2, 0.25) is 0 Å². The standard InChI is InChI=1S/C22H20F4N2OS/c1-13-20(11-10-18(29)12-19(27)14-4-8-17(23)9-5-14)30-21(28-13)15-2-6-16(7-3-15)22(24,25)26/h2-9,18,27,29H,10-12H2,1H3. The van der Waals surface area contributed by atoms with E-state index >= 15 is 0 Å². The lowest BCUT2D eigenvalue weighted by Crippen LogP contribution is -2.14. The molecule has 0 amide bonds. The zero-order valence-electron chi connectivity index (χ0n) is 16.1. The Kier molecular flexibility index (Phi) is 6.67. The maximum Gasteiger partial charge on any atom is 0.416 e. The van der Waals surface area contributed by atoms with Crippen molar-refractivity contribution < 1.29 is 22.7 Å². The summed E-state index contributed by atoms with van der Waals surface area (Å²) in [5.41, 5.74) is 1.48. The van der Waals surface area contributed by atoms with Crippen molar-refractivity contribution in [3.63, 3.8) is 0 Å². The summed E-state index contributed by atoms with van der Waals surface area (Å²) in [6, 6.07) is 10.5. The van der Waals surface area contributed by atoms with Gasteiger partial charge in [0.2, 0.25) is 0 Å². The highest BCUT2D eigenvalue weighted by molar-refractivity contribution is 7.15. The zero-order valence-corrected chi connectivity index (χ0v) is 16.9. The predicted octanol–water partition coefficient (Wildman–Crippen LogP) is 6.03. The van der Waals surface area contributed by atoms with Gasteiger partial charge in [0.1, 0.15) is 10.8 Å². The number of benzene rings is 2. The molecule has 1 heterocycles. The van der Waals surface area contributed by atoms with Crippen molar-refractivity contribution in [1.29, 1.82) is 5.41 Å². The lowest BCUT2D eigenvalue weighted by Gasteiger charge is -2.11. The first-order chi connectivity index (χ1) is 14.1. The molecule has 0 bridgehead atoms. The number of aliphatic hydroxyl groups is 1. The summed E-state index contributed by atoms with van der Waals surface area (Å²) in [4.78, 5) is 5.39. The molecule has 0 aliphatic carbocycles. The van der Waals surface area contributed by atoms with E-state index in [1.54, 1.807) is 0 Å². The van der Waals surface area contributed by atoms with Crippen molar-refractivity contribution in [2.75, 3.05) is 0 Å². The Bertz CT molecular complexity index is 1010. The Morgan fingerprint density at radius 3 is 2.33 bits per heavy atom. The van der Waals surface area contributed by atoms with Crippen molar-refractivity contribution in [3.05, 3.63) is 76.0 Å². The number of aromatic nitrogens is 1. The molecular formula is C22H20F4N2OS. The van der Waals surface area contributed by atoms with Gasteiger partial charge in [0.05, 0.1) is 17.4 Å². The van der Waals surface area contributed by atoms with Gasteiger partial charge in [0, 0.05) is 22.6 Å². The maximum atomic E-state index is 13.0. The highest BCUT2D eigenvalue weighted by Gasteiger charge is 2.30. The van der Waals surface area contributed by atoms with Gasteiger partial charge in [-0.1, -0.05) is 24.3 Å². The number of rotatable bonds is 7. The third-order valence-corrected chi connectivity index (χ3v) is 5.96. The molecule has 3 nitrogen and oxygen atoms in total. The van der Waals surface area contributed by atoms with Crippen molar-refractivity contribution >= 4 is 17.0 Å². The number of alkyl halides is 3. The van der Waals surface area contributed by atoms with E-state index in [4.69, 9.17) is 5.41 Å². The van der Waals surface area contributed by atoms with Gasteiger partial charge in [-0.2, -0.15) is 13.2 Å². The number of nitrogens with zero attached hydrogens (tertiary/aromatic N) is 1. The van der Waals surface area contributed by atoms with E-state index in [1.165, 1.54) is 47.7 Å². The van der Waals surface area contributed by atoms with Gasteiger partial charge < -0.3 is 10.5 Å².